The molecule has 2 fully saturated rings. The van der Waals surface area contributed by atoms with Crippen LogP contribution in [0.25, 0.3) is 0 Å². The van der Waals surface area contributed by atoms with Gasteiger partial charge in [-0.05, 0) is 73.7 Å². The highest BCUT2D eigenvalue weighted by Gasteiger charge is 2.37. The number of carbonyl (C=O) groups is 2. The summed E-state index contributed by atoms with van der Waals surface area (Å²) >= 11 is 0. The molecule has 0 aromatic heterocycles. The smallest absolute Gasteiger partial charge is 0.263 e. The molecule has 1 saturated heterocycles. The van der Waals surface area contributed by atoms with Crippen molar-refractivity contribution in [3.63, 3.8) is 0 Å². The van der Waals surface area contributed by atoms with Gasteiger partial charge in [0.05, 0.1) is 6.04 Å². The van der Waals surface area contributed by atoms with Crippen molar-refractivity contribution in [3.05, 3.63) is 65.0 Å². The molecule has 7 heteroatoms. The Labute approximate surface area is 219 Å². The summed E-state index contributed by atoms with van der Waals surface area (Å²) in [7, 11) is 2.07. The molecule has 2 heterocycles. The predicted octanol–water partition coefficient (Wildman–Crippen LogP) is 4.42. The van der Waals surface area contributed by atoms with E-state index in [0.29, 0.717) is 31.8 Å². The fraction of sp³-hybridized carbons (Fsp3) is 0.533. The first-order valence-corrected chi connectivity index (χ1v) is 13.8. The van der Waals surface area contributed by atoms with Crippen molar-refractivity contribution in [2.24, 2.45) is 5.92 Å². The standard InChI is InChI=1S/C30H38FN3O3/c1-3-27(30(36)33-18-16-32(2)17-19-33)37-25-13-10-21-14-15-34(29(35)23-6-4-5-7-23)28(26(21)20-25)22-8-11-24(31)12-9-22/h8-13,20,23,27-28H,3-7,14-19H2,1-2H3/t27-,28-/m1/s1. The summed E-state index contributed by atoms with van der Waals surface area (Å²) in [5.74, 6) is 0.630. The van der Waals surface area contributed by atoms with Crippen LogP contribution in [0.5, 0.6) is 5.75 Å². The molecule has 1 saturated carbocycles. The molecule has 2 aromatic carbocycles. The number of halogens is 1. The number of nitrogens with zero attached hydrogens (tertiary/aromatic N) is 3. The van der Waals surface area contributed by atoms with Gasteiger partial charge in [0.2, 0.25) is 5.91 Å². The minimum Gasteiger partial charge on any atom is -0.481 e. The second-order valence-corrected chi connectivity index (χ2v) is 10.7. The van der Waals surface area contributed by atoms with Gasteiger partial charge >= 0.3 is 0 Å². The minimum absolute atomic E-state index is 0.0291. The zero-order chi connectivity index (χ0) is 25.9. The van der Waals surface area contributed by atoms with E-state index in [-0.39, 0.29) is 29.6 Å². The van der Waals surface area contributed by atoms with E-state index in [9.17, 15) is 14.0 Å². The Morgan fingerprint density at radius 2 is 1.70 bits per heavy atom. The lowest BCUT2D eigenvalue weighted by Crippen LogP contribution is -2.51. The first-order valence-electron chi connectivity index (χ1n) is 13.8. The zero-order valence-electron chi connectivity index (χ0n) is 22.0. The Kier molecular flexibility index (Phi) is 7.79. The van der Waals surface area contributed by atoms with Crippen LogP contribution in [0.3, 0.4) is 0 Å². The van der Waals surface area contributed by atoms with E-state index in [0.717, 1.165) is 61.9 Å². The first kappa shape index (κ1) is 25.7. The summed E-state index contributed by atoms with van der Waals surface area (Å²) in [5, 5.41) is 0. The van der Waals surface area contributed by atoms with E-state index >= 15 is 0 Å². The number of hydrogen-bond donors (Lipinski definition) is 0. The van der Waals surface area contributed by atoms with Gasteiger partial charge in [0.1, 0.15) is 11.6 Å². The molecule has 2 aromatic rings. The second-order valence-electron chi connectivity index (χ2n) is 10.7. The molecule has 0 bridgehead atoms. The molecule has 0 unspecified atom stereocenters. The molecule has 6 nitrogen and oxygen atoms in total. The normalized spacial score (nSPS) is 21.5. The summed E-state index contributed by atoms with van der Waals surface area (Å²) in [5.41, 5.74) is 3.06. The Morgan fingerprint density at radius 3 is 2.38 bits per heavy atom. The summed E-state index contributed by atoms with van der Waals surface area (Å²) in [6, 6.07) is 12.2. The van der Waals surface area contributed by atoms with Gasteiger partial charge in [0, 0.05) is 38.6 Å². The summed E-state index contributed by atoms with van der Waals surface area (Å²) < 4.78 is 20.1. The van der Waals surface area contributed by atoms with Crippen LogP contribution in [0.4, 0.5) is 4.39 Å². The maximum absolute atomic E-state index is 13.8. The molecule has 3 aliphatic rings. The molecular weight excluding hydrogens is 469 g/mol. The Hall–Kier alpha value is -2.93. The quantitative estimate of drug-likeness (QED) is 0.581. The zero-order valence-corrected chi connectivity index (χ0v) is 22.0. The van der Waals surface area contributed by atoms with Crippen molar-refractivity contribution >= 4 is 11.8 Å². The summed E-state index contributed by atoms with van der Waals surface area (Å²) in [6.45, 7) is 5.77. The maximum atomic E-state index is 13.8. The first-order chi connectivity index (χ1) is 17.9. The Morgan fingerprint density at radius 1 is 1.00 bits per heavy atom. The monoisotopic (exact) mass is 507 g/mol. The highest BCUT2D eigenvalue weighted by molar-refractivity contribution is 5.82. The number of carbonyl (C=O) groups excluding carboxylic acids is 2. The third-order valence-corrected chi connectivity index (χ3v) is 8.26. The highest BCUT2D eigenvalue weighted by Crippen LogP contribution is 2.40. The molecule has 0 radical (unpaired) electrons. The fourth-order valence-corrected chi connectivity index (χ4v) is 6.02. The maximum Gasteiger partial charge on any atom is 0.263 e. The van der Waals surface area contributed by atoms with Crippen LogP contribution < -0.4 is 4.74 Å². The molecule has 1 aliphatic carbocycles. The third kappa shape index (κ3) is 5.52. The lowest BCUT2D eigenvalue weighted by molar-refractivity contribution is -0.140. The number of fused-ring (bicyclic) bond motifs is 1. The van der Waals surface area contributed by atoms with E-state index in [1.54, 1.807) is 12.1 Å². The predicted molar refractivity (Wildman–Crippen MR) is 141 cm³/mol. The van der Waals surface area contributed by atoms with Gasteiger partial charge in [0.25, 0.3) is 5.91 Å². The number of ether oxygens (including phenoxy) is 1. The fourth-order valence-electron chi connectivity index (χ4n) is 6.02. The third-order valence-electron chi connectivity index (χ3n) is 8.26. The number of likely N-dealkylation sites (N-methyl/N-ethyl adjacent to an activating group) is 1. The van der Waals surface area contributed by atoms with Gasteiger partial charge < -0.3 is 19.4 Å². The van der Waals surface area contributed by atoms with Gasteiger partial charge in [-0.2, -0.15) is 0 Å². The second kappa shape index (κ2) is 11.2. The van der Waals surface area contributed by atoms with E-state index in [4.69, 9.17) is 4.74 Å². The van der Waals surface area contributed by atoms with Crippen molar-refractivity contribution in [2.75, 3.05) is 39.8 Å². The molecule has 2 atom stereocenters. The summed E-state index contributed by atoms with van der Waals surface area (Å²) in [4.78, 5) is 33.0. The van der Waals surface area contributed by atoms with E-state index in [1.807, 2.05) is 28.9 Å². The average molecular weight is 508 g/mol. The van der Waals surface area contributed by atoms with Gasteiger partial charge in [-0.25, -0.2) is 4.39 Å². The Bertz CT molecular complexity index is 1110. The van der Waals surface area contributed by atoms with Crippen molar-refractivity contribution < 1.29 is 18.7 Å². The van der Waals surface area contributed by atoms with E-state index in [2.05, 4.69) is 18.0 Å². The van der Waals surface area contributed by atoms with E-state index < -0.39 is 6.10 Å². The molecule has 37 heavy (non-hydrogen) atoms. The molecule has 198 valence electrons. The van der Waals surface area contributed by atoms with Crippen LogP contribution in [0.1, 0.15) is 61.8 Å². The van der Waals surface area contributed by atoms with Crippen LogP contribution >= 0.6 is 0 Å². The number of amides is 2. The Balaban J connectivity index is 1.43. The number of piperazine rings is 1. The molecule has 5 rings (SSSR count). The minimum atomic E-state index is -0.550. The number of benzene rings is 2. The van der Waals surface area contributed by atoms with Gasteiger partial charge in [-0.1, -0.05) is 38.0 Å². The van der Waals surface area contributed by atoms with Crippen LogP contribution in [0, 0.1) is 11.7 Å². The van der Waals surface area contributed by atoms with E-state index in [1.165, 1.54) is 12.1 Å². The number of rotatable bonds is 6. The SMILES string of the molecule is CC[C@@H](Oc1ccc2c(c1)[C@@H](c1ccc(F)cc1)N(C(=O)C1CCCC1)CC2)C(=O)N1CCN(C)CC1. The lowest BCUT2D eigenvalue weighted by Gasteiger charge is -2.39. The van der Waals surface area contributed by atoms with Crippen LogP contribution in [-0.2, 0) is 16.0 Å². The van der Waals surface area contributed by atoms with Crippen LogP contribution in [-0.4, -0.2) is 72.4 Å². The van der Waals surface area contributed by atoms with Gasteiger partial charge in [0.15, 0.2) is 6.10 Å². The molecular formula is C30H38FN3O3. The van der Waals surface area contributed by atoms with Gasteiger partial charge in [-0.15, -0.1) is 0 Å². The van der Waals surface area contributed by atoms with Crippen LogP contribution in [0.2, 0.25) is 0 Å². The number of hydrogen-bond acceptors (Lipinski definition) is 4. The van der Waals surface area contributed by atoms with Crippen molar-refractivity contribution in [3.8, 4) is 5.75 Å². The largest absolute Gasteiger partial charge is 0.481 e. The van der Waals surface area contributed by atoms with Crippen molar-refractivity contribution in [1.29, 1.82) is 0 Å². The lowest BCUT2D eigenvalue weighted by atomic mass is 9.87. The molecule has 2 aliphatic heterocycles. The molecule has 0 spiro atoms. The van der Waals surface area contributed by atoms with Crippen molar-refractivity contribution in [2.45, 2.75) is 57.6 Å². The van der Waals surface area contributed by atoms with Gasteiger partial charge in [-0.3, -0.25) is 9.59 Å². The average Bonchev–Trinajstić information content (AvgIpc) is 3.46. The topological polar surface area (TPSA) is 53.1 Å². The molecule has 0 N–H and O–H groups in total. The van der Waals surface area contributed by atoms with Crippen molar-refractivity contribution in [1.82, 2.24) is 14.7 Å². The molecule has 2 amide bonds. The summed E-state index contributed by atoms with van der Waals surface area (Å²) in [6.07, 6.45) is 4.87. The highest BCUT2D eigenvalue weighted by atomic mass is 19.1. The van der Waals surface area contributed by atoms with Crippen LogP contribution in [0.15, 0.2) is 42.5 Å².